The van der Waals surface area contributed by atoms with Crippen LogP contribution in [0.1, 0.15) is 24.2 Å². The van der Waals surface area contributed by atoms with Gasteiger partial charge < -0.3 is 24.1 Å². The molecule has 1 aromatic heterocycles. The van der Waals surface area contributed by atoms with E-state index in [9.17, 15) is 4.79 Å². The number of amides is 1. The summed E-state index contributed by atoms with van der Waals surface area (Å²) in [6.07, 6.45) is 0. The monoisotopic (exact) mass is 397 g/mol. The first-order valence-corrected chi connectivity index (χ1v) is 9.02. The van der Waals surface area contributed by atoms with Gasteiger partial charge in [0.1, 0.15) is 0 Å². The van der Waals surface area contributed by atoms with Crippen molar-refractivity contribution in [1.82, 2.24) is 15.5 Å². The molecule has 1 heterocycles. The van der Waals surface area contributed by atoms with E-state index in [1.807, 2.05) is 19.9 Å². The smallest absolute Gasteiger partial charge is 0.259 e. The molecule has 2 aromatic carbocycles. The molecule has 0 unspecified atom stereocenters. The molecule has 0 bridgehead atoms. The number of aromatic nitrogens is 2. The highest BCUT2D eigenvalue weighted by molar-refractivity contribution is 6.00. The van der Waals surface area contributed by atoms with Crippen molar-refractivity contribution in [2.45, 2.75) is 19.9 Å². The molecule has 0 fully saturated rings. The Morgan fingerprint density at radius 2 is 1.69 bits per heavy atom. The second-order valence-corrected chi connectivity index (χ2v) is 6.51. The molecule has 0 saturated heterocycles. The summed E-state index contributed by atoms with van der Waals surface area (Å²) in [5, 5.41) is 6.94. The highest BCUT2D eigenvalue weighted by Gasteiger charge is 2.20. The Kier molecular flexibility index (Phi) is 6.01. The van der Waals surface area contributed by atoms with Crippen LogP contribution in [0.15, 0.2) is 40.9 Å². The fraction of sp³-hybridized carbons (Fsp3) is 0.286. The van der Waals surface area contributed by atoms with Crippen LogP contribution in [-0.2, 0) is 0 Å². The molecule has 1 amide bonds. The lowest BCUT2D eigenvalue weighted by Gasteiger charge is -2.12. The van der Waals surface area contributed by atoms with Gasteiger partial charge in [-0.25, -0.2) is 0 Å². The van der Waals surface area contributed by atoms with Gasteiger partial charge in [-0.1, -0.05) is 17.3 Å². The molecule has 0 aliphatic heterocycles. The Bertz CT molecular complexity index is 988. The van der Waals surface area contributed by atoms with Gasteiger partial charge in [0.05, 0.1) is 32.5 Å². The molecular formula is C21H23N3O5. The molecule has 0 spiro atoms. The highest BCUT2D eigenvalue weighted by Crippen LogP contribution is 2.40. The molecule has 3 rings (SSSR count). The number of nitrogens with zero attached hydrogens (tertiary/aromatic N) is 2. The van der Waals surface area contributed by atoms with Crippen LogP contribution >= 0.6 is 0 Å². The molecular weight excluding hydrogens is 374 g/mol. The third-order valence-electron chi connectivity index (χ3n) is 4.17. The van der Waals surface area contributed by atoms with Crippen molar-refractivity contribution in [2.75, 3.05) is 21.3 Å². The predicted molar refractivity (Wildman–Crippen MR) is 107 cm³/mol. The van der Waals surface area contributed by atoms with Crippen LogP contribution in [0.4, 0.5) is 0 Å². The molecule has 0 saturated carbocycles. The van der Waals surface area contributed by atoms with Crippen molar-refractivity contribution in [3.8, 4) is 40.1 Å². The van der Waals surface area contributed by atoms with Gasteiger partial charge in [0.25, 0.3) is 11.8 Å². The second-order valence-electron chi connectivity index (χ2n) is 6.51. The number of carbonyl (C=O) groups is 1. The fourth-order valence-electron chi connectivity index (χ4n) is 2.87. The molecule has 152 valence electrons. The van der Waals surface area contributed by atoms with E-state index in [-0.39, 0.29) is 17.8 Å². The van der Waals surface area contributed by atoms with Gasteiger partial charge in [0.15, 0.2) is 11.5 Å². The van der Waals surface area contributed by atoms with Crippen LogP contribution in [-0.4, -0.2) is 43.4 Å². The minimum absolute atomic E-state index is 0.00744. The maximum Gasteiger partial charge on any atom is 0.259 e. The van der Waals surface area contributed by atoms with Gasteiger partial charge in [0.2, 0.25) is 11.6 Å². The standard InChI is InChI=1S/C21H23N3O5/c1-12(2)22-20(25)14-8-6-7-9-15(14)21-23-19(24-29-21)13-10-16(26-3)18(28-5)17(11-13)27-4/h6-12H,1-5H3,(H,22,25). The first-order chi connectivity index (χ1) is 14.0. The number of methoxy groups -OCH3 is 3. The maximum atomic E-state index is 12.5. The molecule has 0 radical (unpaired) electrons. The van der Waals surface area contributed by atoms with Crippen LogP contribution in [0.5, 0.6) is 17.2 Å². The number of ether oxygens (including phenoxy) is 3. The first-order valence-electron chi connectivity index (χ1n) is 9.02. The number of benzene rings is 2. The Morgan fingerprint density at radius 1 is 1.03 bits per heavy atom. The number of hydrogen-bond acceptors (Lipinski definition) is 7. The molecule has 0 atom stereocenters. The maximum absolute atomic E-state index is 12.5. The Morgan fingerprint density at radius 3 is 2.28 bits per heavy atom. The molecule has 0 aliphatic rings. The minimum atomic E-state index is -0.205. The van der Waals surface area contributed by atoms with Crippen molar-refractivity contribution in [3.05, 3.63) is 42.0 Å². The summed E-state index contributed by atoms with van der Waals surface area (Å²) >= 11 is 0. The van der Waals surface area contributed by atoms with Gasteiger partial charge in [-0.05, 0) is 38.1 Å². The van der Waals surface area contributed by atoms with Crippen molar-refractivity contribution >= 4 is 5.91 Å². The van der Waals surface area contributed by atoms with Crippen LogP contribution in [0.3, 0.4) is 0 Å². The number of hydrogen-bond donors (Lipinski definition) is 1. The average Bonchev–Trinajstić information content (AvgIpc) is 3.22. The minimum Gasteiger partial charge on any atom is -0.493 e. The number of nitrogens with one attached hydrogen (secondary N) is 1. The van der Waals surface area contributed by atoms with Crippen LogP contribution in [0.2, 0.25) is 0 Å². The van der Waals surface area contributed by atoms with E-state index in [2.05, 4.69) is 15.5 Å². The molecule has 8 heteroatoms. The SMILES string of the molecule is COc1cc(-c2noc(-c3ccccc3C(=O)NC(C)C)n2)cc(OC)c1OC. The quantitative estimate of drug-likeness (QED) is 0.651. The lowest BCUT2D eigenvalue weighted by atomic mass is 10.1. The van der Waals surface area contributed by atoms with Crippen molar-refractivity contribution in [1.29, 1.82) is 0 Å². The molecule has 29 heavy (non-hydrogen) atoms. The van der Waals surface area contributed by atoms with E-state index in [0.717, 1.165) is 0 Å². The third kappa shape index (κ3) is 4.16. The van der Waals surface area contributed by atoms with Crippen molar-refractivity contribution < 1.29 is 23.5 Å². The topological polar surface area (TPSA) is 95.7 Å². The average molecular weight is 397 g/mol. The van der Waals surface area contributed by atoms with E-state index < -0.39 is 0 Å². The summed E-state index contributed by atoms with van der Waals surface area (Å²) in [6, 6.07) is 10.5. The Hall–Kier alpha value is -3.55. The fourth-order valence-corrected chi connectivity index (χ4v) is 2.87. The first kappa shape index (κ1) is 20.2. The van der Waals surface area contributed by atoms with E-state index in [1.54, 1.807) is 30.3 Å². The zero-order valence-electron chi connectivity index (χ0n) is 17.0. The van der Waals surface area contributed by atoms with Crippen LogP contribution in [0, 0.1) is 0 Å². The van der Waals surface area contributed by atoms with Crippen LogP contribution < -0.4 is 19.5 Å². The Labute approximate surface area is 168 Å². The van der Waals surface area contributed by atoms with Gasteiger partial charge in [-0.3, -0.25) is 4.79 Å². The van der Waals surface area contributed by atoms with Crippen LogP contribution in [0.25, 0.3) is 22.8 Å². The largest absolute Gasteiger partial charge is 0.493 e. The lowest BCUT2D eigenvalue weighted by Crippen LogP contribution is -2.30. The number of rotatable bonds is 7. The van der Waals surface area contributed by atoms with Gasteiger partial charge in [0, 0.05) is 11.6 Å². The summed E-state index contributed by atoms with van der Waals surface area (Å²) in [5.74, 6) is 1.79. The third-order valence-corrected chi connectivity index (χ3v) is 4.17. The molecule has 8 nitrogen and oxygen atoms in total. The number of carbonyl (C=O) groups excluding carboxylic acids is 1. The molecule has 0 aliphatic carbocycles. The second kappa shape index (κ2) is 8.64. The van der Waals surface area contributed by atoms with Gasteiger partial charge >= 0.3 is 0 Å². The van der Waals surface area contributed by atoms with Gasteiger partial charge in [-0.2, -0.15) is 4.98 Å². The van der Waals surface area contributed by atoms with Crippen molar-refractivity contribution in [2.24, 2.45) is 0 Å². The molecule has 1 N–H and O–H groups in total. The zero-order chi connectivity index (χ0) is 21.0. The lowest BCUT2D eigenvalue weighted by molar-refractivity contribution is 0.0943. The molecule has 3 aromatic rings. The summed E-state index contributed by atoms with van der Waals surface area (Å²) in [6.45, 7) is 3.80. The van der Waals surface area contributed by atoms with E-state index in [4.69, 9.17) is 18.7 Å². The normalized spacial score (nSPS) is 10.7. The summed E-state index contributed by atoms with van der Waals surface area (Å²) in [7, 11) is 4.60. The Balaban J connectivity index is 2.02. The predicted octanol–water partition coefficient (Wildman–Crippen LogP) is 3.57. The summed E-state index contributed by atoms with van der Waals surface area (Å²) in [5.41, 5.74) is 1.64. The van der Waals surface area contributed by atoms with E-state index in [0.29, 0.717) is 39.8 Å². The van der Waals surface area contributed by atoms with Gasteiger partial charge in [-0.15, -0.1) is 0 Å². The van der Waals surface area contributed by atoms with E-state index in [1.165, 1.54) is 21.3 Å². The van der Waals surface area contributed by atoms with Crippen molar-refractivity contribution in [3.63, 3.8) is 0 Å². The highest BCUT2D eigenvalue weighted by atomic mass is 16.5. The zero-order valence-corrected chi connectivity index (χ0v) is 17.0. The van der Waals surface area contributed by atoms with E-state index >= 15 is 0 Å². The summed E-state index contributed by atoms with van der Waals surface area (Å²) < 4.78 is 21.5. The summed E-state index contributed by atoms with van der Waals surface area (Å²) in [4.78, 5) is 17.0.